The van der Waals surface area contributed by atoms with Gasteiger partial charge in [0.15, 0.2) is 15.8 Å². The molecule has 0 fully saturated rings. The molecule has 0 saturated heterocycles. The summed E-state index contributed by atoms with van der Waals surface area (Å²) in [5.41, 5.74) is 4.24. The van der Waals surface area contributed by atoms with Crippen molar-refractivity contribution in [2.45, 2.75) is 52.2 Å². The van der Waals surface area contributed by atoms with Gasteiger partial charge in [0.05, 0.1) is 11.4 Å². The normalized spacial score (nSPS) is 12.3. The Hall–Kier alpha value is -2.38. The molecule has 0 aliphatic heterocycles. The van der Waals surface area contributed by atoms with E-state index >= 15 is 0 Å². The molecule has 2 aromatic carbocycles. The zero-order valence-corrected chi connectivity index (χ0v) is 20.2. The maximum atomic E-state index is 11.8. The summed E-state index contributed by atoms with van der Waals surface area (Å²) in [6, 6.07) is 14.1. The van der Waals surface area contributed by atoms with Gasteiger partial charge in [-0.05, 0) is 55.3 Å². The molecule has 0 spiro atoms. The summed E-state index contributed by atoms with van der Waals surface area (Å²) in [5, 5.41) is 6.64. The first-order chi connectivity index (χ1) is 14.8. The third kappa shape index (κ3) is 7.99. The fourth-order valence-corrected chi connectivity index (χ4v) is 4.35. The SMILES string of the molecule is CCNC(=NCc1ccc(S(C)(=O)=O)c(C)c1)NCc1ccc(CN(CC)CC)cc1. The van der Waals surface area contributed by atoms with Crippen LogP contribution in [0, 0.1) is 6.92 Å². The lowest BCUT2D eigenvalue weighted by atomic mass is 10.1. The van der Waals surface area contributed by atoms with Crippen LogP contribution in [0.4, 0.5) is 0 Å². The molecule has 0 heterocycles. The molecule has 0 unspecified atom stereocenters. The van der Waals surface area contributed by atoms with E-state index in [9.17, 15) is 8.42 Å². The lowest BCUT2D eigenvalue weighted by Gasteiger charge is -2.18. The van der Waals surface area contributed by atoms with Gasteiger partial charge in [-0.2, -0.15) is 0 Å². The molecule has 0 radical (unpaired) electrons. The summed E-state index contributed by atoms with van der Waals surface area (Å²) in [7, 11) is -3.21. The average Bonchev–Trinajstić information content (AvgIpc) is 2.74. The topological polar surface area (TPSA) is 73.8 Å². The molecular formula is C24H36N4O2S. The smallest absolute Gasteiger partial charge is 0.191 e. The van der Waals surface area contributed by atoms with Crippen LogP contribution in [0.1, 0.15) is 43.0 Å². The molecule has 170 valence electrons. The number of aryl methyl sites for hydroxylation is 1. The largest absolute Gasteiger partial charge is 0.357 e. The molecular weight excluding hydrogens is 408 g/mol. The summed E-state index contributed by atoms with van der Waals surface area (Å²) < 4.78 is 23.6. The fourth-order valence-electron chi connectivity index (χ4n) is 3.39. The second-order valence-electron chi connectivity index (χ2n) is 7.70. The van der Waals surface area contributed by atoms with Gasteiger partial charge in [-0.25, -0.2) is 13.4 Å². The molecule has 31 heavy (non-hydrogen) atoms. The fraction of sp³-hybridized carbons (Fsp3) is 0.458. The highest BCUT2D eigenvalue weighted by atomic mass is 32.2. The van der Waals surface area contributed by atoms with Crippen LogP contribution >= 0.6 is 0 Å². The number of sulfone groups is 1. The van der Waals surface area contributed by atoms with Crippen molar-refractivity contribution in [3.8, 4) is 0 Å². The second kappa shape index (κ2) is 11.9. The van der Waals surface area contributed by atoms with Crippen LogP contribution in [0.15, 0.2) is 52.4 Å². The summed E-state index contributed by atoms with van der Waals surface area (Å²) in [5.74, 6) is 0.736. The minimum Gasteiger partial charge on any atom is -0.357 e. The van der Waals surface area contributed by atoms with Crippen molar-refractivity contribution >= 4 is 15.8 Å². The number of guanidine groups is 1. The first-order valence-corrected chi connectivity index (χ1v) is 12.8. The molecule has 0 atom stereocenters. The van der Waals surface area contributed by atoms with Crippen LogP contribution in [-0.4, -0.2) is 45.2 Å². The molecule has 0 amide bonds. The van der Waals surface area contributed by atoms with Gasteiger partial charge in [0.25, 0.3) is 0 Å². The lowest BCUT2D eigenvalue weighted by Crippen LogP contribution is -2.36. The molecule has 2 N–H and O–H groups in total. The Kier molecular flexibility index (Phi) is 9.52. The predicted octanol–water partition coefficient (Wildman–Crippen LogP) is 3.50. The Morgan fingerprint density at radius 3 is 2.10 bits per heavy atom. The molecule has 2 rings (SSSR count). The van der Waals surface area contributed by atoms with E-state index in [1.165, 1.54) is 17.4 Å². The van der Waals surface area contributed by atoms with Crippen LogP contribution in [0.2, 0.25) is 0 Å². The molecule has 0 bridgehead atoms. The standard InChI is InChI=1S/C24H36N4O2S/c1-6-25-24(27-17-22-13-14-23(19(4)15-22)31(5,29)30)26-16-20-9-11-21(12-10-20)18-28(7-2)8-3/h9-15H,6-8,16-18H2,1-5H3,(H2,25,26,27). The Bertz CT molecular complexity index is 966. The van der Waals surface area contributed by atoms with E-state index in [1.807, 2.05) is 26.0 Å². The highest BCUT2D eigenvalue weighted by molar-refractivity contribution is 7.90. The van der Waals surface area contributed by atoms with Crippen molar-refractivity contribution in [3.63, 3.8) is 0 Å². The van der Waals surface area contributed by atoms with Gasteiger partial charge in [-0.1, -0.05) is 50.2 Å². The first-order valence-electron chi connectivity index (χ1n) is 10.9. The van der Waals surface area contributed by atoms with E-state index in [4.69, 9.17) is 0 Å². The number of aliphatic imine (C=N–C) groups is 1. The molecule has 0 aliphatic carbocycles. The Morgan fingerprint density at radius 2 is 1.55 bits per heavy atom. The van der Waals surface area contributed by atoms with Crippen LogP contribution < -0.4 is 10.6 Å². The van der Waals surface area contributed by atoms with Crippen molar-refractivity contribution in [1.82, 2.24) is 15.5 Å². The van der Waals surface area contributed by atoms with Crippen LogP contribution in [-0.2, 0) is 29.5 Å². The highest BCUT2D eigenvalue weighted by Crippen LogP contribution is 2.17. The van der Waals surface area contributed by atoms with Gasteiger partial charge in [-0.3, -0.25) is 4.90 Å². The van der Waals surface area contributed by atoms with Crippen molar-refractivity contribution in [2.75, 3.05) is 25.9 Å². The van der Waals surface area contributed by atoms with E-state index in [0.717, 1.165) is 43.3 Å². The van der Waals surface area contributed by atoms with Gasteiger partial charge in [-0.15, -0.1) is 0 Å². The third-order valence-electron chi connectivity index (χ3n) is 5.19. The summed E-state index contributed by atoms with van der Waals surface area (Å²) in [6.07, 6.45) is 1.23. The number of benzene rings is 2. The number of nitrogens with zero attached hydrogens (tertiary/aromatic N) is 2. The molecule has 0 aliphatic rings. The van der Waals surface area contributed by atoms with Gasteiger partial charge < -0.3 is 10.6 Å². The van der Waals surface area contributed by atoms with E-state index < -0.39 is 9.84 Å². The van der Waals surface area contributed by atoms with Crippen LogP contribution in [0.3, 0.4) is 0 Å². The quantitative estimate of drug-likeness (QED) is 0.433. The van der Waals surface area contributed by atoms with E-state index in [1.54, 1.807) is 6.07 Å². The zero-order chi connectivity index (χ0) is 22.9. The summed E-state index contributed by atoms with van der Waals surface area (Å²) in [6.45, 7) is 13.2. The van der Waals surface area contributed by atoms with Crippen molar-refractivity contribution in [3.05, 3.63) is 64.7 Å². The van der Waals surface area contributed by atoms with Crippen LogP contribution in [0.5, 0.6) is 0 Å². The maximum absolute atomic E-state index is 11.8. The Balaban J connectivity index is 1.99. The second-order valence-corrected chi connectivity index (χ2v) is 9.68. The van der Waals surface area contributed by atoms with Crippen molar-refractivity contribution in [1.29, 1.82) is 0 Å². The zero-order valence-electron chi connectivity index (χ0n) is 19.4. The number of nitrogens with one attached hydrogen (secondary N) is 2. The summed E-state index contributed by atoms with van der Waals surface area (Å²) in [4.78, 5) is 7.42. The van der Waals surface area contributed by atoms with Crippen LogP contribution in [0.25, 0.3) is 0 Å². The van der Waals surface area contributed by atoms with E-state index in [2.05, 4.69) is 58.6 Å². The molecule has 7 heteroatoms. The Labute approximate surface area is 187 Å². The van der Waals surface area contributed by atoms with Gasteiger partial charge in [0, 0.05) is 25.9 Å². The Morgan fingerprint density at radius 1 is 0.935 bits per heavy atom. The maximum Gasteiger partial charge on any atom is 0.191 e. The lowest BCUT2D eigenvalue weighted by molar-refractivity contribution is 0.296. The van der Waals surface area contributed by atoms with Gasteiger partial charge in [0.2, 0.25) is 0 Å². The predicted molar refractivity (Wildman–Crippen MR) is 129 cm³/mol. The van der Waals surface area contributed by atoms with E-state index in [-0.39, 0.29) is 0 Å². The molecule has 6 nitrogen and oxygen atoms in total. The monoisotopic (exact) mass is 444 g/mol. The highest BCUT2D eigenvalue weighted by Gasteiger charge is 2.10. The molecule has 0 saturated carbocycles. The third-order valence-corrected chi connectivity index (χ3v) is 6.44. The first kappa shape index (κ1) is 24.9. The minimum atomic E-state index is -3.21. The molecule has 0 aromatic heterocycles. The van der Waals surface area contributed by atoms with Crippen molar-refractivity contribution < 1.29 is 8.42 Å². The average molecular weight is 445 g/mol. The number of hydrogen-bond acceptors (Lipinski definition) is 4. The minimum absolute atomic E-state index is 0.370. The van der Waals surface area contributed by atoms with Gasteiger partial charge in [0.1, 0.15) is 0 Å². The van der Waals surface area contributed by atoms with Gasteiger partial charge >= 0.3 is 0 Å². The molecule has 2 aromatic rings. The number of rotatable bonds is 10. The number of hydrogen-bond donors (Lipinski definition) is 2. The van der Waals surface area contributed by atoms with Crippen molar-refractivity contribution in [2.24, 2.45) is 4.99 Å². The van der Waals surface area contributed by atoms with E-state index in [0.29, 0.717) is 18.0 Å². The summed E-state index contributed by atoms with van der Waals surface area (Å²) >= 11 is 0.